The van der Waals surface area contributed by atoms with E-state index in [1.54, 1.807) is 0 Å². The zero-order valence-corrected chi connectivity index (χ0v) is 5.50. The summed E-state index contributed by atoms with van der Waals surface area (Å²) in [6.07, 6.45) is 1.49. The van der Waals surface area contributed by atoms with Gasteiger partial charge in [0.2, 0.25) is 0 Å². The fourth-order valence-corrected chi connectivity index (χ4v) is 0.475. The molecule has 0 aromatic heterocycles. The van der Waals surface area contributed by atoms with Crippen molar-refractivity contribution in [3.8, 4) is 0 Å². The fraction of sp³-hybridized carbons (Fsp3) is 0.800. The molecule has 0 fully saturated rings. The monoisotopic (exact) mass is 128 g/mol. The molecule has 0 saturated heterocycles. The van der Waals surface area contributed by atoms with Crippen molar-refractivity contribution in [3.63, 3.8) is 0 Å². The van der Waals surface area contributed by atoms with Gasteiger partial charge in [0.1, 0.15) is 0 Å². The van der Waals surface area contributed by atoms with Crippen LogP contribution in [0.3, 0.4) is 0 Å². The van der Waals surface area contributed by atoms with E-state index in [1.165, 1.54) is 7.41 Å². The molecule has 0 spiro atoms. The molecule has 0 amide bonds. The molecule has 0 rings (SSSR count). The Hall–Kier alpha value is -0.345. The summed E-state index contributed by atoms with van der Waals surface area (Å²) < 4.78 is 0. The van der Waals surface area contributed by atoms with Crippen LogP contribution in [0.1, 0.15) is 13.3 Å². The Kier molecular flexibility index (Phi) is 5.56. The summed E-state index contributed by atoms with van der Waals surface area (Å²) in [5.41, 5.74) is 0. The Labute approximate surface area is 55.7 Å². The van der Waals surface area contributed by atoms with Gasteiger partial charge in [0.15, 0.2) is 0 Å². The van der Waals surface area contributed by atoms with Crippen LogP contribution in [0.2, 0.25) is 0 Å². The molecule has 4 heteroatoms. The molecular formula is C5H11BNO2. The van der Waals surface area contributed by atoms with E-state index >= 15 is 0 Å². The molecule has 1 atom stereocenters. The first-order valence-electron chi connectivity index (χ1n) is 2.99. The van der Waals surface area contributed by atoms with Crippen molar-refractivity contribution in [2.45, 2.75) is 19.4 Å². The van der Waals surface area contributed by atoms with Gasteiger partial charge in [-0.05, 0) is 6.42 Å². The van der Waals surface area contributed by atoms with Gasteiger partial charge in [0.25, 0.3) is 7.41 Å². The minimum atomic E-state index is 0.0233. The van der Waals surface area contributed by atoms with Crippen LogP contribution in [0.5, 0.6) is 0 Å². The van der Waals surface area contributed by atoms with E-state index < -0.39 is 0 Å². The highest BCUT2D eigenvalue weighted by Gasteiger charge is 2.01. The first kappa shape index (κ1) is 8.65. The lowest BCUT2D eigenvalue weighted by atomic mass is 9.96. The summed E-state index contributed by atoms with van der Waals surface area (Å²) in [6.45, 7) is 2.01. The van der Waals surface area contributed by atoms with Gasteiger partial charge in [-0.3, -0.25) is 0 Å². The minimum absolute atomic E-state index is 0.0233. The van der Waals surface area contributed by atoms with Crippen molar-refractivity contribution in [1.82, 2.24) is 5.23 Å². The lowest BCUT2D eigenvalue weighted by molar-refractivity contribution is 0.254. The topological polar surface area (TPSA) is 49.3 Å². The van der Waals surface area contributed by atoms with E-state index in [2.05, 4.69) is 5.23 Å². The number of carbonyl (C=O) groups is 1. The molecule has 0 aliphatic carbocycles. The molecule has 0 aromatic rings. The summed E-state index contributed by atoms with van der Waals surface area (Å²) >= 11 is 0. The molecule has 0 aliphatic rings. The van der Waals surface area contributed by atoms with Gasteiger partial charge < -0.3 is 15.1 Å². The van der Waals surface area contributed by atoms with E-state index in [0.717, 1.165) is 6.42 Å². The Morgan fingerprint density at radius 3 is 2.89 bits per heavy atom. The number of hydrogen-bond acceptors (Lipinski definition) is 3. The third kappa shape index (κ3) is 4.18. The van der Waals surface area contributed by atoms with E-state index in [0.29, 0.717) is 6.19 Å². The summed E-state index contributed by atoms with van der Waals surface area (Å²) in [5, 5.41) is 11.3. The number of rotatable bonds is 5. The Morgan fingerprint density at radius 2 is 2.56 bits per heavy atom. The first-order chi connectivity index (χ1) is 4.35. The normalized spacial score (nSPS) is 12.7. The summed E-state index contributed by atoms with van der Waals surface area (Å²) in [5.74, 6) is 0. The molecule has 1 radical (unpaired) electrons. The molecule has 9 heavy (non-hydrogen) atoms. The van der Waals surface area contributed by atoms with Crippen molar-refractivity contribution in [2.24, 2.45) is 0 Å². The van der Waals surface area contributed by atoms with Crippen LogP contribution in [0.15, 0.2) is 0 Å². The second kappa shape index (κ2) is 5.79. The van der Waals surface area contributed by atoms with Crippen LogP contribution in [-0.2, 0) is 4.79 Å². The molecule has 0 bridgehead atoms. The molecular weight excluding hydrogens is 117 g/mol. The zero-order valence-electron chi connectivity index (χ0n) is 5.50. The van der Waals surface area contributed by atoms with Crippen LogP contribution in [0.25, 0.3) is 0 Å². The maximum atomic E-state index is 9.74. The van der Waals surface area contributed by atoms with Crippen molar-refractivity contribution in [1.29, 1.82) is 0 Å². The maximum Gasteiger partial charge on any atom is 0.290 e. The average molecular weight is 128 g/mol. The maximum absolute atomic E-state index is 9.74. The van der Waals surface area contributed by atoms with Crippen LogP contribution < -0.4 is 5.23 Å². The summed E-state index contributed by atoms with van der Waals surface area (Å²) in [7, 11) is 1.30. The Bertz CT molecular complexity index is 75.4. The predicted octanol–water partition coefficient (Wildman–Crippen LogP) is -0.844. The Balaban J connectivity index is 3.19. The van der Waals surface area contributed by atoms with E-state index in [9.17, 15) is 4.79 Å². The lowest BCUT2D eigenvalue weighted by Gasteiger charge is -2.09. The van der Waals surface area contributed by atoms with Gasteiger partial charge >= 0.3 is 0 Å². The van der Waals surface area contributed by atoms with Crippen LogP contribution in [-0.4, -0.2) is 31.4 Å². The summed E-state index contributed by atoms with van der Waals surface area (Å²) in [4.78, 5) is 9.74. The number of nitrogens with one attached hydrogen (secondary N) is 1. The van der Waals surface area contributed by atoms with Crippen molar-refractivity contribution >= 4 is 13.6 Å². The van der Waals surface area contributed by atoms with E-state index in [1.807, 2.05) is 6.92 Å². The second-order valence-corrected chi connectivity index (χ2v) is 1.76. The van der Waals surface area contributed by atoms with Gasteiger partial charge in [-0.1, -0.05) is 6.92 Å². The van der Waals surface area contributed by atoms with Crippen LogP contribution in [0, 0.1) is 0 Å². The van der Waals surface area contributed by atoms with Crippen molar-refractivity contribution in [3.05, 3.63) is 0 Å². The molecule has 0 aliphatic heterocycles. The lowest BCUT2D eigenvalue weighted by Crippen LogP contribution is -2.35. The molecule has 0 heterocycles. The smallest absolute Gasteiger partial charge is 0.290 e. The zero-order chi connectivity index (χ0) is 7.11. The highest BCUT2D eigenvalue weighted by Crippen LogP contribution is 1.85. The SMILES string of the molecule is CC[C@@H](CO)N[B]C=O. The molecule has 3 nitrogen and oxygen atoms in total. The number of carbonyl (C=O) groups excluding carboxylic acids is 1. The number of aliphatic hydroxyl groups excluding tert-OH is 1. The standard InChI is InChI=1S/C5H11BNO2/c1-2-5(3-8)7-6-4-9/h4-5,7-8H,2-3H2,1H3/t5-/m0/s1. The van der Waals surface area contributed by atoms with Gasteiger partial charge in [-0.15, -0.1) is 0 Å². The third-order valence-electron chi connectivity index (χ3n) is 1.11. The van der Waals surface area contributed by atoms with Gasteiger partial charge in [-0.25, -0.2) is 0 Å². The largest absolute Gasteiger partial charge is 0.395 e. The quantitative estimate of drug-likeness (QED) is 0.374. The predicted molar refractivity (Wildman–Crippen MR) is 36.8 cm³/mol. The summed E-state index contributed by atoms with van der Waals surface area (Å²) in [6, 6.07) is 0.0233. The fourth-order valence-electron chi connectivity index (χ4n) is 0.475. The number of hydrogen-bond donors (Lipinski definition) is 2. The van der Waals surface area contributed by atoms with E-state index in [-0.39, 0.29) is 12.6 Å². The molecule has 0 saturated carbocycles. The molecule has 2 N–H and O–H groups in total. The molecule has 51 valence electrons. The minimum Gasteiger partial charge on any atom is -0.395 e. The molecule has 0 aromatic carbocycles. The van der Waals surface area contributed by atoms with Crippen LogP contribution in [0.4, 0.5) is 0 Å². The highest BCUT2D eigenvalue weighted by molar-refractivity contribution is 6.64. The van der Waals surface area contributed by atoms with Gasteiger partial charge in [-0.2, -0.15) is 0 Å². The highest BCUT2D eigenvalue weighted by atomic mass is 16.3. The average Bonchev–Trinajstić information content (AvgIpc) is 1.91. The van der Waals surface area contributed by atoms with Crippen molar-refractivity contribution < 1.29 is 9.90 Å². The van der Waals surface area contributed by atoms with E-state index in [4.69, 9.17) is 5.11 Å². The van der Waals surface area contributed by atoms with Crippen LogP contribution >= 0.6 is 0 Å². The second-order valence-electron chi connectivity index (χ2n) is 1.76. The van der Waals surface area contributed by atoms with Gasteiger partial charge in [0, 0.05) is 6.04 Å². The number of aliphatic hydroxyl groups is 1. The van der Waals surface area contributed by atoms with Crippen molar-refractivity contribution in [2.75, 3.05) is 6.61 Å². The first-order valence-corrected chi connectivity index (χ1v) is 2.99. The Morgan fingerprint density at radius 1 is 1.89 bits per heavy atom. The van der Waals surface area contributed by atoms with Gasteiger partial charge in [0.05, 0.1) is 12.8 Å². The third-order valence-corrected chi connectivity index (χ3v) is 1.11. The molecule has 0 unspecified atom stereocenters.